The first-order valence-electron chi connectivity index (χ1n) is 5.44. The monoisotopic (exact) mass is 250 g/mol. The van der Waals surface area contributed by atoms with Gasteiger partial charge >= 0.3 is 0 Å². The molecule has 0 aliphatic heterocycles. The third kappa shape index (κ3) is 3.71. The second kappa shape index (κ2) is 5.63. The summed E-state index contributed by atoms with van der Waals surface area (Å²) in [6.07, 6.45) is 2.76. The van der Waals surface area contributed by atoms with Crippen molar-refractivity contribution < 1.29 is 9.21 Å². The fraction of sp³-hybridized carbons (Fsp3) is 0.333. The Balaban J connectivity index is 1.70. The number of nitrogens with zero attached hydrogens (tertiary/aromatic N) is 1. The highest BCUT2D eigenvalue weighted by atomic mass is 32.1. The van der Waals surface area contributed by atoms with Gasteiger partial charge in [0, 0.05) is 17.8 Å². The summed E-state index contributed by atoms with van der Waals surface area (Å²) in [5.74, 6) is 1.50. The molecule has 0 bridgehead atoms. The van der Waals surface area contributed by atoms with Crippen LogP contribution >= 0.6 is 11.3 Å². The van der Waals surface area contributed by atoms with E-state index in [0.29, 0.717) is 25.3 Å². The second-order valence-electron chi connectivity index (χ2n) is 3.72. The van der Waals surface area contributed by atoms with E-state index in [4.69, 9.17) is 4.42 Å². The fourth-order valence-electron chi connectivity index (χ4n) is 1.46. The minimum absolute atomic E-state index is 0.0377. The number of hydrogen-bond donors (Lipinski definition) is 1. The molecule has 1 amide bonds. The fourth-order valence-corrected chi connectivity index (χ4v) is 2.16. The van der Waals surface area contributed by atoms with Crippen LogP contribution in [-0.4, -0.2) is 17.4 Å². The Morgan fingerprint density at radius 1 is 1.59 bits per heavy atom. The lowest BCUT2D eigenvalue weighted by Crippen LogP contribution is -2.27. The van der Waals surface area contributed by atoms with E-state index in [1.54, 1.807) is 17.5 Å². The molecule has 0 radical (unpaired) electrons. The van der Waals surface area contributed by atoms with Crippen molar-refractivity contribution in [3.8, 4) is 0 Å². The van der Waals surface area contributed by atoms with E-state index in [-0.39, 0.29) is 5.91 Å². The molecule has 5 heteroatoms. The lowest BCUT2D eigenvalue weighted by Gasteiger charge is -2.01. The van der Waals surface area contributed by atoms with Crippen LogP contribution < -0.4 is 5.32 Å². The summed E-state index contributed by atoms with van der Waals surface area (Å²) < 4.78 is 5.31. The summed E-state index contributed by atoms with van der Waals surface area (Å²) in [5, 5.41) is 4.82. The van der Waals surface area contributed by atoms with Gasteiger partial charge in [0.25, 0.3) is 0 Å². The molecule has 2 aromatic heterocycles. The van der Waals surface area contributed by atoms with Crippen LogP contribution in [0.1, 0.15) is 16.5 Å². The number of aromatic nitrogens is 1. The van der Waals surface area contributed by atoms with E-state index in [0.717, 1.165) is 10.6 Å². The minimum atomic E-state index is 0.0377. The van der Waals surface area contributed by atoms with E-state index in [9.17, 15) is 4.79 Å². The predicted octanol–water partition coefficient (Wildman–Crippen LogP) is 1.95. The lowest BCUT2D eigenvalue weighted by atomic mass is 10.3. The zero-order valence-corrected chi connectivity index (χ0v) is 10.4. The van der Waals surface area contributed by atoms with E-state index < -0.39 is 0 Å². The molecule has 1 N–H and O–H groups in total. The van der Waals surface area contributed by atoms with E-state index in [1.165, 1.54) is 0 Å². The Hall–Kier alpha value is -1.62. The van der Waals surface area contributed by atoms with Crippen molar-refractivity contribution in [1.29, 1.82) is 0 Å². The quantitative estimate of drug-likeness (QED) is 0.882. The van der Waals surface area contributed by atoms with Gasteiger partial charge in [0.15, 0.2) is 5.89 Å². The van der Waals surface area contributed by atoms with Gasteiger partial charge in [0.1, 0.15) is 5.76 Å². The molecule has 90 valence electrons. The van der Waals surface area contributed by atoms with E-state index >= 15 is 0 Å². The highest BCUT2D eigenvalue weighted by molar-refractivity contribution is 7.10. The molecule has 0 aliphatic carbocycles. The summed E-state index contributed by atoms with van der Waals surface area (Å²) in [7, 11) is 0. The largest absolute Gasteiger partial charge is 0.446 e. The Bertz CT molecular complexity index is 476. The molecule has 0 aromatic carbocycles. The first-order chi connectivity index (χ1) is 8.24. The second-order valence-corrected chi connectivity index (χ2v) is 4.75. The third-order valence-corrected chi connectivity index (χ3v) is 3.12. The van der Waals surface area contributed by atoms with Gasteiger partial charge in [-0.3, -0.25) is 4.79 Å². The van der Waals surface area contributed by atoms with Crippen LogP contribution in [0.3, 0.4) is 0 Å². The molecule has 4 nitrogen and oxygen atoms in total. The number of hydrogen-bond acceptors (Lipinski definition) is 4. The van der Waals surface area contributed by atoms with Crippen molar-refractivity contribution >= 4 is 17.2 Å². The van der Waals surface area contributed by atoms with Gasteiger partial charge in [-0.05, 0) is 18.4 Å². The highest BCUT2D eigenvalue weighted by Crippen LogP contribution is 2.08. The van der Waals surface area contributed by atoms with Crippen LogP contribution in [0.4, 0.5) is 0 Å². The summed E-state index contributed by atoms with van der Waals surface area (Å²) >= 11 is 1.59. The maximum atomic E-state index is 11.6. The number of amides is 1. The normalized spacial score (nSPS) is 10.4. The van der Waals surface area contributed by atoms with Crippen LogP contribution in [0, 0.1) is 6.92 Å². The van der Waals surface area contributed by atoms with Gasteiger partial charge in [-0.25, -0.2) is 4.98 Å². The Labute approximate surface area is 104 Å². The predicted molar refractivity (Wildman–Crippen MR) is 66.0 cm³/mol. The van der Waals surface area contributed by atoms with Crippen molar-refractivity contribution in [3.05, 3.63) is 40.2 Å². The van der Waals surface area contributed by atoms with Gasteiger partial charge in [0.05, 0.1) is 12.6 Å². The number of thiophene rings is 1. The topological polar surface area (TPSA) is 55.1 Å². The first-order valence-corrected chi connectivity index (χ1v) is 6.32. The molecule has 0 unspecified atom stereocenters. The standard InChI is InChI=1S/C12H14N2O2S/c1-9-8-14-12(16-9)4-5-13-11(15)7-10-3-2-6-17-10/h2-3,6,8H,4-5,7H2,1H3,(H,13,15). The summed E-state index contributed by atoms with van der Waals surface area (Å²) in [4.78, 5) is 16.7. The van der Waals surface area contributed by atoms with E-state index in [1.807, 2.05) is 24.4 Å². The molecule has 17 heavy (non-hydrogen) atoms. The number of oxazole rings is 1. The lowest BCUT2D eigenvalue weighted by molar-refractivity contribution is -0.120. The molecule has 2 heterocycles. The zero-order chi connectivity index (χ0) is 12.1. The average Bonchev–Trinajstić information content (AvgIpc) is 2.90. The maximum absolute atomic E-state index is 11.6. The van der Waals surface area contributed by atoms with Crippen LogP contribution in [-0.2, 0) is 17.6 Å². The molecule has 0 fully saturated rings. The van der Waals surface area contributed by atoms with Gasteiger partial charge in [-0.2, -0.15) is 0 Å². The average molecular weight is 250 g/mol. The molecule has 2 aromatic rings. The van der Waals surface area contributed by atoms with Crippen LogP contribution in [0.25, 0.3) is 0 Å². The number of nitrogens with one attached hydrogen (secondary N) is 1. The van der Waals surface area contributed by atoms with Gasteiger partial charge in [-0.15, -0.1) is 11.3 Å². The number of aryl methyl sites for hydroxylation is 1. The zero-order valence-electron chi connectivity index (χ0n) is 9.60. The van der Waals surface area contributed by atoms with Crippen LogP contribution in [0.15, 0.2) is 28.1 Å². The van der Waals surface area contributed by atoms with E-state index in [2.05, 4.69) is 10.3 Å². The van der Waals surface area contributed by atoms with Crippen molar-refractivity contribution in [3.63, 3.8) is 0 Å². The Morgan fingerprint density at radius 3 is 3.12 bits per heavy atom. The number of rotatable bonds is 5. The molecular weight excluding hydrogens is 236 g/mol. The molecular formula is C12H14N2O2S. The molecule has 0 spiro atoms. The molecule has 0 saturated carbocycles. The first kappa shape index (κ1) is 11.9. The smallest absolute Gasteiger partial charge is 0.225 e. The Morgan fingerprint density at radius 2 is 2.47 bits per heavy atom. The Kier molecular flexibility index (Phi) is 3.93. The molecule has 0 atom stereocenters. The summed E-state index contributed by atoms with van der Waals surface area (Å²) in [6.45, 7) is 2.41. The minimum Gasteiger partial charge on any atom is -0.446 e. The van der Waals surface area contributed by atoms with Crippen LogP contribution in [0.2, 0.25) is 0 Å². The SMILES string of the molecule is Cc1cnc(CCNC(=O)Cc2cccs2)o1. The molecule has 0 aliphatic rings. The van der Waals surface area contributed by atoms with Crippen molar-refractivity contribution in [1.82, 2.24) is 10.3 Å². The van der Waals surface area contributed by atoms with Gasteiger partial charge in [-0.1, -0.05) is 6.07 Å². The van der Waals surface area contributed by atoms with Crippen molar-refractivity contribution in [2.45, 2.75) is 19.8 Å². The number of carbonyl (C=O) groups is 1. The van der Waals surface area contributed by atoms with Crippen LogP contribution in [0.5, 0.6) is 0 Å². The molecule has 0 saturated heterocycles. The highest BCUT2D eigenvalue weighted by Gasteiger charge is 2.05. The molecule has 2 rings (SSSR count). The van der Waals surface area contributed by atoms with Gasteiger partial charge in [0.2, 0.25) is 5.91 Å². The maximum Gasteiger partial charge on any atom is 0.225 e. The summed E-state index contributed by atoms with van der Waals surface area (Å²) in [5.41, 5.74) is 0. The third-order valence-electron chi connectivity index (χ3n) is 2.25. The summed E-state index contributed by atoms with van der Waals surface area (Å²) in [6, 6.07) is 3.91. The van der Waals surface area contributed by atoms with Crippen molar-refractivity contribution in [2.75, 3.05) is 6.54 Å². The van der Waals surface area contributed by atoms with Gasteiger partial charge < -0.3 is 9.73 Å². The number of carbonyl (C=O) groups excluding carboxylic acids is 1. The van der Waals surface area contributed by atoms with Crippen molar-refractivity contribution in [2.24, 2.45) is 0 Å².